The molecule has 6 nitrogen and oxygen atoms in total. The Kier molecular flexibility index (Phi) is 7.63. The summed E-state index contributed by atoms with van der Waals surface area (Å²) in [5.41, 5.74) is 1.23. The minimum absolute atomic E-state index is 0.105. The van der Waals surface area contributed by atoms with Crippen LogP contribution in [0.3, 0.4) is 0 Å². The number of halogens is 3. The zero-order valence-electron chi connectivity index (χ0n) is 20.1. The highest BCUT2D eigenvalue weighted by molar-refractivity contribution is 8.18. The quantitative estimate of drug-likeness (QED) is 0.244. The van der Waals surface area contributed by atoms with Gasteiger partial charge in [-0.2, -0.15) is 0 Å². The predicted octanol–water partition coefficient (Wildman–Crippen LogP) is 7.03. The summed E-state index contributed by atoms with van der Waals surface area (Å²) in [5, 5.41) is 3.93. The largest absolute Gasteiger partial charge is 0.488 e. The lowest BCUT2D eigenvalue weighted by Gasteiger charge is -2.14. The van der Waals surface area contributed by atoms with Crippen molar-refractivity contribution in [3.8, 4) is 5.75 Å². The summed E-state index contributed by atoms with van der Waals surface area (Å²) in [6.07, 6.45) is 1.57. The van der Waals surface area contributed by atoms with Gasteiger partial charge in [0.1, 0.15) is 30.5 Å². The third-order valence-corrected chi connectivity index (χ3v) is 7.05. The minimum Gasteiger partial charge on any atom is -0.488 e. The molecule has 0 spiro atoms. The highest BCUT2D eigenvalue weighted by atomic mass is 35.5. The van der Waals surface area contributed by atoms with Crippen molar-refractivity contribution in [1.82, 2.24) is 4.90 Å². The van der Waals surface area contributed by atoms with E-state index in [0.717, 1.165) is 33.4 Å². The average Bonchev–Trinajstić information content (AvgIpc) is 3.18. The molecule has 4 aromatic rings. The lowest BCUT2D eigenvalue weighted by Crippen LogP contribution is -2.36. The monoisotopic (exact) mass is 564 g/mol. The van der Waals surface area contributed by atoms with E-state index in [0.29, 0.717) is 34.2 Å². The van der Waals surface area contributed by atoms with Gasteiger partial charge < -0.3 is 10.1 Å². The van der Waals surface area contributed by atoms with Crippen molar-refractivity contribution in [2.24, 2.45) is 0 Å². The SMILES string of the molecule is O=C(CN1C(=O)S/C(=C/c2c(OCc3ccc(Cl)cc3)ccc3ccccc23)C1=O)Nc1ccc(F)cc1F. The molecule has 5 rings (SSSR count). The van der Waals surface area contributed by atoms with E-state index in [4.69, 9.17) is 16.3 Å². The third-order valence-electron chi connectivity index (χ3n) is 5.89. The van der Waals surface area contributed by atoms with Crippen molar-refractivity contribution < 1.29 is 27.9 Å². The number of carbonyl (C=O) groups is 3. The number of carbonyl (C=O) groups excluding carboxylic acids is 3. The summed E-state index contributed by atoms with van der Waals surface area (Å²) in [7, 11) is 0. The number of ether oxygens (including phenoxy) is 1. The van der Waals surface area contributed by atoms with Crippen LogP contribution in [0.4, 0.5) is 19.3 Å². The number of anilines is 1. The van der Waals surface area contributed by atoms with Gasteiger partial charge in [-0.1, -0.05) is 54.1 Å². The van der Waals surface area contributed by atoms with E-state index in [9.17, 15) is 23.2 Å². The van der Waals surface area contributed by atoms with Crippen LogP contribution in [0.1, 0.15) is 11.1 Å². The van der Waals surface area contributed by atoms with E-state index in [-0.39, 0.29) is 17.2 Å². The van der Waals surface area contributed by atoms with Crippen LogP contribution in [0.15, 0.2) is 83.8 Å². The Hall–Kier alpha value is -4.21. The predicted molar refractivity (Wildman–Crippen MR) is 147 cm³/mol. The van der Waals surface area contributed by atoms with E-state index < -0.39 is 35.2 Å². The molecule has 0 aliphatic carbocycles. The molecule has 39 heavy (non-hydrogen) atoms. The maximum absolute atomic E-state index is 13.9. The van der Waals surface area contributed by atoms with E-state index in [1.54, 1.807) is 24.3 Å². The number of nitrogens with zero attached hydrogens (tertiary/aromatic N) is 1. The van der Waals surface area contributed by atoms with Gasteiger partial charge in [0.05, 0.1) is 10.6 Å². The zero-order chi connectivity index (χ0) is 27.5. The normalized spacial score (nSPS) is 14.3. The fraction of sp³-hybridized carbons (Fsp3) is 0.0690. The first-order valence-electron chi connectivity index (χ1n) is 11.7. The molecule has 1 aliphatic rings. The second-order valence-electron chi connectivity index (χ2n) is 8.55. The molecule has 0 saturated carbocycles. The lowest BCUT2D eigenvalue weighted by molar-refractivity contribution is -0.127. The average molecular weight is 565 g/mol. The molecule has 1 aliphatic heterocycles. The maximum Gasteiger partial charge on any atom is 0.294 e. The maximum atomic E-state index is 13.9. The van der Waals surface area contributed by atoms with Crippen LogP contribution in [0.2, 0.25) is 5.02 Å². The molecule has 0 unspecified atom stereocenters. The smallest absolute Gasteiger partial charge is 0.294 e. The van der Waals surface area contributed by atoms with Crippen molar-refractivity contribution >= 4 is 63.0 Å². The molecule has 0 aromatic heterocycles. The number of benzene rings is 4. The number of hydrogen-bond donors (Lipinski definition) is 1. The van der Waals surface area contributed by atoms with Crippen LogP contribution < -0.4 is 10.1 Å². The zero-order valence-corrected chi connectivity index (χ0v) is 21.7. The van der Waals surface area contributed by atoms with Crippen LogP contribution in [0.25, 0.3) is 16.8 Å². The molecule has 1 heterocycles. The number of rotatable bonds is 7. The third kappa shape index (κ3) is 5.94. The molecule has 10 heteroatoms. The molecule has 196 valence electrons. The van der Waals surface area contributed by atoms with Crippen LogP contribution in [0, 0.1) is 11.6 Å². The Balaban J connectivity index is 1.39. The summed E-state index contributed by atoms with van der Waals surface area (Å²) < 4.78 is 33.1. The second kappa shape index (κ2) is 11.3. The number of imide groups is 1. The van der Waals surface area contributed by atoms with Gasteiger partial charge in [0.25, 0.3) is 11.1 Å². The molecule has 0 bridgehead atoms. The molecule has 0 radical (unpaired) electrons. The van der Waals surface area contributed by atoms with Gasteiger partial charge in [0.2, 0.25) is 5.91 Å². The first-order valence-corrected chi connectivity index (χ1v) is 12.9. The Morgan fingerprint density at radius 1 is 1.00 bits per heavy atom. The molecule has 1 saturated heterocycles. The highest BCUT2D eigenvalue weighted by Crippen LogP contribution is 2.37. The van der Waals surface area contributed by atoms with Gasteiger partial charge in [-0.25, -0.2) is 8.78 Å². The molecular formula is C29H19ClF2N2O4S. The number of nitrogens with one attached hydrogen (secondary N) is 1. The molecule has 1 fully saturated rings. The van der Waals surface area contributed by atoms with Gasteiger partial charge in [0, 0.05) is 16.7 Å². The fourth-order valence-electron chi connectivity index (χ4n) is 3.98. The molecule has 3 amide bonds. The van der Waals surface area contributed by atoms with Crippen LogP contribution in [-0.2, 0) is 16.2 Å². The summed E-state index contributed by atoms with van der Waals surface area (Å²) in [4.78, 5) is 39.1. The Morgan fingerprint density at radius 3 is 2.54 bits per heavy atom. The topological polar surface area (TPSA) is 75.7 Å². The fourth-order valence-corrected chi connectivity index (χ4v) is 4.93. The second-order valence-corrected chi connectivity index (χ2v) is 9.98. The Labute approximate surface area is 231 Å². The van der Waals surface area contributed by atoms with Gasteiger partial charge in [-0.3, -0.25) is 19.3 Å². The Morgan fingerprint density at radius 2 is 1.77 bits per heavy atom. The van der Waals surface area contributed by atoms with E-state index in [1.165, 1.54) is 0 Å². The van der Waals surface area contributed by atoms with E-state index >= 15 is 0 Å². The molecule has 4 aromatic carbocycles. The van der Waals surface area contributed by atoms with Crippen molar-refractivity contribution in [2.75, 3.05) is 11.9 Å². The summed E-state index contributed by atoms with van der Waals surface area (Å²) in [6.45, 7) is -0.383. The summed E-state index contributed by atoms with van der Waals surface area (Å²) in [6, 6.07) is 21.1. The van der Waals surface area contributed by atoms with Gasteiger partial charge in [0.15, 0.2) is 0 Å². The number of amides is 3. The molecule has 0 atom stereocenters. The number of thioether (sulfide) groups is 1. The molecule has 1 N–H and O–H groups in total. The summed E-state index contributed by atoms with van der Waals surface area (Å²) >= 11 is 6.65. The van der Waals surface area contributed by atoms with Gasteiger partial charge in [-0.05, 0) is 64.5 Å². The van der Waals surface area contributed by atoms with Crippen molar-refractivity contribution in [3.63, 3.8) is 0 Å². The van der Waals surface area contributed by atoms with Crippen LogP contribution >= 0.6 is 23.4 Å². The van der Waals surface area contributed by atoms with E-state index in [2.05, 4.69) is 5.32 Å². The van der Waals surface area contributed by atoms with Crippen molar-refractivity contribution in [1.29, 1.82) is 0 Å². The number of fused-ring (bicyclic) bond motifs is 1. The standard InChI is InChI=1S/C29H19ClF2N2O4S/c30-19-8-5-17(6-9-19)16-38-25-12-7-18-3-1-2-4-21(18)22(25)14-26-28(36)34(29(37)39-26)15-27(35)33-24-11-10-20(31)13-23(24)32/h1-14H,15-16H2,(H,33,35)/b26-14+. The van der Waals surface area contributed by atoms with Crippen LogP contribution in [0.5, 0.6) is 5.75 Å². The van der Waals surface area contributed by atoms with Gasteiger partial charge >= 0.3 is 0 Å². The Bertz CT molecular complexity index is 1640. The first-order chi connectivity index (χ1) is 18.8. The highest BCUT2D eigenvalue weighted by Gasteiger charge is 2.36. The van der Waals surface area contributed by atoms with Gasteiger partial charge in [-0.15, -0.1) is 0 Å². The van der Waals surface area contributed by atoms with E-state index in [1.807, 2.05) is 42.5 Å². The molecular weight excluding hydrogens is 546 g/mol. The lowest BCUT2D eigenvalue weighted by atomic mass is 10.0. The summed E-state index contributed by atoms with van der Waals surface area (Å²) in [5.74, 6) is -2.75. The van der Waals surface area contributed by atoms with Crippen LogP contribution in [-0.4, -0.2) is 28.5 Å². The van der Waals surface area contributed by atoms with Crippen molar-refractivity contribution in [2.45, 2.75) is 6.61 Å². The first kappa shape index (κ1) is 26.4. The van der Waals surface area contributed by atoms with Crippen molar-refractivity contribution in [3.05, 3.63) is 112 Å². The number of hydrogen-bond acceptors (Lipinski definition) is 5. The minimum atomic E-state index is -0.973.